The minimum Gasteiger partial charge on any atom is -0.481 e. The molecule has 4 heterocycles. The highest BCUT2D eigenvalue weighted by Crippen LogP contribution is 2.41. The summed E-state index contributed by atoms with van der Waals surface area (Å²) in [6.07, 6.45) is 8.01. The fraction of sp³-hybridized carbons (Fsp3) is 0.306. The van der Waals surface area contributed by atoms with Gasteiger partial charge in [0.25, 0.3) is 23.6 Å². The Morgan fingerprint density at radius 1 is 1.08 bits per heavy atom. The molecule has 2 aromatic carbocycles. The van der Waals surface area contributed by atoms with Gasteiger partial charge in [-0.3, -0.25) is 24.1 Å². The summed E-state index contributed by atoms with van der Waals surface area (Å²) in [5, 5.41) is 12.9. The molecule has 1 aliphatic carbocycles. The monoisotopic (exact) mass is 665 g/mol. The second kappa shape index (κ2) is 12.6. The Labute approximate surface area is 280 Å². The first-order chi connectivity index (χ1) is 23.3. The van der Waals surface area contributed by atoms with Crippen LogP contribution in [0.3, 0.4) is 0 Å². The first kappa shape index (κ1) is 33.0. The number of hydrogen-bond acceptors (Lipinski definition) is 8. The summed E-state index contributed by atoms with van der Waals surface area (Å²) < 4.78 is 19.9. The number of halogens is 1. The summed E-state index contributed by atoms with van der Waals surface area (Å²) in [4.78, 5) is 72.3. The average Bonchev–Trinajstić information content (AvgIpc) is 3.53. The second-order valence-corrected chi connectivity index (χ2v) is 12.5. The van der Waals surface area contributed by atoms with Crippen LogP contribution in [0.15, 0.2) is 58.6 Å². The number of carboxylic acid groups (broad SMARTS) is 1. The molecule has 0 saturated heterocycles. The highest BCUT2D eigenvalue weighted by Gasteiger charge is 2.44. The molecule has 7 rings (SSSR count). The number of aliphatic imine (C=N–C) groups is 1. The minimum absolute atomic E-state index is 0.0170. The summed E-state index contributed by atoms with van der Waals surface area (Å²) in [6.45, 7) is 5.28. The van der Waals surface area contributed by atoms with Crippen molar-refractivity contribution in [3.05, 3.63) is 70.7 Å². The summed E-state index contributed by atoms with van der Waals surface area (Å²) in [5.74, 6) is -0.742. The zero-order valence-corrected chi connectivity index (χ0v) is 27.0. The lowest BCUT2D eigenvalue weighted by molar-refractivity contribution is -0.124. The predicted octanol–water partition coefficient (Wildman–Crippen LogP) is 4.15. The fourth-order valence-electron chi connectivity index (χ4n) is 6.11. The summed E-state index contributed by atoms with van der Waals surface area (Å²) in [7, 11) is 0. The lowest BCUT2D eigenvalue weighted by Crippen LogP contribution is -2.41. The van der Waals surface area contributed by atoms with Gasteiger partial charge < -0.3 is 15.2 Å². The molecule has 1 unspecified atom stereocenters. The Bertz CT molecular complexity index is 2050. The first-order valence-corrected chi connectivity index (χ1v) is 15.7. The number of nitrogens with zero attached hydrogens (tertiary/aromatic N) is 4. The fourth-order valence-corrected chi connectivity index (χ4v) is 6.11. The van der Waals surface area contributed by atoms with E-state index in [9.17, 15) is 33.5 Å². The van der Waals surface area contributed by atoms with E-state index in [-0.39, 0.29) is 65.1 Å². The van der Waals surface area contributed by atoms with Gasteiger partial charge >= 0.3 is 5.97 Å². The van der Waals surface area contributed by atoms with E-state index in [4.69, 9.17) is 11.2 Å². The number of carbonyl (C=O) groups is 5. The molecular weight excluding hydrogens is 633 g/mol. The standard InChI is InChI=1S/C19H15FN2O4.C17H17N3O3/c1-2-7-21-15-9-14(13(20)8-16(15)26-10-17(21)23)22-18(24)11-5-3-4-6-12(11)19(22)25;1-9(2)17(3)16(23)19-14(20-17)13-11(15(21)22)8-10-6-4-5-7-12(10)18-13/h1,8-9H,3-7,10H2;4-9H,1-3H3,(H,21,22)(H,19,20,23). The number of amidine groups is 1. The van der Waals surface area contributed by atoms with Crippen LogP contribution in [0.5, 0.6) is 5.75 Å². The number of terminal acetylenes is 1. The van der Waals surface area contributed by atoms with E-state index in [1.165, 1.54) is 11.0 Å². The Morgan fingerprint density at radius 2 is 1.76 bits per heavy atom. The highest BCUT2D eigenvalue weighted by atomic mass is 19.1. The van der Waals surface area contributed by atoms with Crippen LogP contribution in [0.2, 0.25) is 0 Å². The maximum absolute atomic E-state index is 14.7. The molecule has 2 N–H and O–H groups in total. The molecule has 1 atom stereocenters. The molecule has 4 aliphatic rings. The van der Waals surface area contributed by atoms with Gasteiger partial charge in [0.2, 0.25) is 0 Å². The number of aromatic nitrogens is 1. The van der Waals surface area contributed by atoms with Crippen molar-refractivity contribution in [2.75, 3.05) is 23.0 Å². The molecule has 3 aromatic rings. The number of carbonyl (C=O) groups excluding carboxylic acids is 4. The van der Waals surface area contributed by atoms with Crippen LogP contribution in [0.25, 0.3) is 10.9 Å². The van der Waals surface area contributed by atoms with Crippen LogP contribution in [0.4, 0.5) is 15.8 Å². The molecule has 250 valence electrons. The molecule has 0 saturated carbocycles. The van der Waals surface area contributed by atoms with Crippen LogP contribution >= 0.6 is 0 Å². The SMILES string of the molecule is C#CCN1C(=O)COc2cc(F)c(N3C(=O)C4=C(CCCC4)C3=O)cc21.CC(C)C1(C)N=C(c2nc3ccccc3cc2C(=O)O)NC1=O. The van der Waals surface area contributed by atoms with Crippen LogP contribution in [-0.2, 0) is 19.2 Å². The molecule has 0 fully saturated rings. The topological polar surface area (TPSA) is 159 Å². The molecular formula is C36H32FN5O7. The van der Waals surface area contributed by atoms with Crippen LogP contribution in [-0.4, -0.2) is 64.2 Å². The minimum atomic E-state index is -1.10. The van der Waals surface area contributed by atoms with E-state index in [0.717, 1.165) is 29.2 Å². The number of pyridine rings is 1. The smallest absolute Gasteiger partial charge is 0.338 e. The summed E-state index contributed by atoms with van der Waals surface area (Å²) >= 11 is 0. The maximum atomic E-state index is 14.7. The molecule has 3 aliphatic heterocycles. The van der Waals surface area contributed by atoms with Gasteiger partial charge in [-0.25, -0.2) is 24.1 Å². The Hall–Kier alpha value is -5.90. The first-order valence-electron chi connectivity index (χ1n) is 15.7. The number of ether oxygens (including phenoxy) is 1. The number of rotatable bonds is 5. The lowest BCUT2D eigenvalue weighted by atomic mass is 9.89. The van der Waals surface area contributed by atoms with Crippen molar-refractivity contribution < 1.29 is 38.2 Å². The molecule has 13 heteroatoms. The zero-order chi connectivity index (χ0) is 35.2. The van der Waals surface area contributed by atoms with Crippen LogP contribution < -0.4 is 19.9 Å². The number of aromatic carboxylic acids is 1. The molecule has 0 radical (unpaired) electrons. The second-order valence-electron chi connectivity index (χ2n) is 12.5. The molecule has 12 nitrogen and oxygen atoms in total. The van der Waals surface area contributed by atoms with Gasteiger partial charge in [-0.2, -0.15) is 0 Å². The van der Waals surface area contributed by atoms with Gasteiger partial charge in [0.05, 0.1) is 29.0 Å². The van der Waals surface area contributed by atoms with E-state index >= 15 is 0 Å². The molecule has 4 amide bonds. The predicted molar refractivity (Wildman–Crippen MR) is 178 cm³/mol. The largest absolute Gasteiger partial charge is 0.481 e. The highest BCUT2D eigenvalue weighted by molar-refractivity contribution is 6.33. The van der Waals surface area contributed by atoms with Crippen molar-refractivity contribution in [3.8, 4) is 18.1 Å². The number of hydrogen-bond donors (Lipinski definition) is 2. The third kappa shape index (κ3) is 5.69. The summed E-state index contributed by atoms with van der Waals surface area (Å²) in [5.41, 5.74) is 0.942. The van der Waals surface area contributed by atoms with Crippen molar-refractivity contribution >= 4 is 57.7 Å². The number of amides is 4. The van der Waals surface area contributed by atoms with Crippen molar-refractivity contribution in [2.45, 2.75) is 52.0 Å². The van der Waals surface area contributed by atoms with Gasteiger partial charge in [0.15, 0.2) is 18.3 Å². The van der Waals surface area contributed by atoms with Gasteiger partial charge in [0, 0.05) is 22.6 Å². The van der Waals surface area contributed by atoms with Gasteiger partial charge in [-0.1, -0.05) is 38.0 Å². The van der Waals surface area contributed by atoms with Crippen molar-refractivity contribution in [3.63, 3.8) is 0 Å². The van der Waals surface area contributed by atoms with Crippen molar-refractivity contribution in [1.82, 2.24) is 10.3 Å². The number of carboxylic acids is 1. The Morgan fingerprint density at radius 3 is 2.37 bits per heavy atom. The number of fused-ring (bicyclic) bond motifs is 2. The Kier molecular flexibility index (Phi) is 8.50. The molecule has 0 spiro atoms. The number of imide groups is 1. The van der Waals surface area contributed by atoms with Crippen molar-refractivity contribution in [1.29, 1.82) is 0 Å². The summed E-state index contributed by atoms with van der Waals surface area (Å²) in [6, 6.07) is 11.2. The third-order valence-corrected chi connectivity index (χ3v) is 9.19. The normalized spacial score (nSPS) is 20.0. The molecule has 1 aromatic heterocycles. The van der Waals surface area contributed by atoms with Gasteiger partial charge in [0.1, 0.15) is 17.0 Å². The van der Waals surface area contributed by atoms with Crippen LogP contribution in [0, 0.1) is 24.1 Å². The number of para-hydroxylation sites is 1. The van der Waals surface area contributed by atoms with E-state index in [1.54, 1.807) is 25.1 Å². The molecule has 49 heavy (non-hydrogen) atoms. The molecule has 0 bridgehead atoms. The lowest BCUT2D eigenvalue weighted by Gasteiger charge is -2.29. The van der Waals surface area contributed by atoms with Gasteiger partial charge in [-0.05, 0) is 56.7 Å². The van der Waals surface area contributed by atoms with E-state index in [2.05, 4.69) is 21.2 Å². The zero-order valence-electron chi connectivity index (χ0n) is 27.0. The maximum Gasteiger partial charge on any atom is 0.338 e. The average molecular weight is 666 g/mol. The number of nitrogens with one attached hydrogen (secondary N) is 1. The quantitative estimate of drug-likeness (QED) is 0.304. The van der Waals surface area contributed by atoms with E-state index in [0.29, 0.717) is 29.5 Å². The van der Waals surface area contributed by atoms with Crippen LogP contribution in [0.1, 0.15) is 62.5 Å². The third-order valence-electron chi connectivity index (χ3n) is 9.19. The number of anilines is 2. The van der Waals surface area contributed by atoms with E-state index < -0.39 is 29.1 Å². The van der Waals surface area contributed by atoms with Crippen molar-refractivity contribution in [2.24, 2.45) is 10.9 Å². The number of benzene rings is 2. The Balaban J connectivity index is 0.000000171. The van der Waals surface area contributed by atoms with Gasteiger partial charge in [-0.15, -0.1) is 6.42 Å². The van der Waals surface area contributed by atoms with E-state index in [1.807, 2.05) is 26.0 Å².